The molecule has 3 aromatic rings. The maximum atomic E-state index is 14.0. The van der Waals surface area contributed by atoms with Gasteiger partial charge in [-0.15, -0.1) is 0 Å². The van der Waals surface area contributed by atoms with Gasteiger partial charge in [0, 0.05) is 17.1 Å². The fourth-order valence-electron chi connectivity index (χ4n) is 4.04. The maximum absolute atomic E-state index is 14.0. The van der Waals surface area contributed by atoms with Crippen molar-refractivity contribution in [1.82, 2.24) is 10.2 Å². The van der Waals surface area contributed by atoms with Crippen molar-refractivity contribution in [2.24, 2.45) is 0 Å². The molecule has 0 aliphatic rings. The number of halogens is 1. The quantitative estimate of drug-likeness (QED) is 0.313. The second kappa shape index (κ2) is 13.7. The van der Waals surface area contributed by atoms with Gasteiger partial charge in [0.05, 0.1) is 24.8 Å². The Hall–Kier alpha value is -3.57. The molecule has 214 valence electrons. The SMILES string of the molecule is COc1ccc(S(=O)(=O)N(CC(=O)N(Cc2cccc(Br)c2)[C@H](C)C(=O)NC(C)C)c2ccccc2OC)cc1. The first-order valence-electron chi connectivity index (χ1n) is 12.6. The highest BCUT2D eigenvalue weighted by atomic mass is 79.9. The van der Waals surface area contributed by atoms with E-state index >= 15 is 0 Å². The predicted molar refractivity (Wildman–Crippen MR) is 158 cm³/mol. The molecule has 3 rings (SSSR count). The Kier molecular flexibility index (Phi) is 10.6. The first kappa shape index (κ1) is 31.0. The Balaban J connectivity index is 2.07. The number of nitrogens with one attached hydrogen (secondary N) is 1. The van der Waals surface area contributed by atoms with Gasteiger partial charge >= 0.3 is 0 Å². The Morgan fingerprint density at radius 2 is 1.60 bits per heavy atom. The lowest BCUT2D eigenvalue weighted by Gasteiger charge is -2.32. The molecular weight excluding hydrogens is 598 g/mol. The second-order valence-corrected chi connectivity index (χ2v) is 12.1. The van der Waals surface area contributed by atoms with Crippen molar-refractivity contribution in [2.75, 3.05) is 25.1 Å². The molecule has 0 aliphatic carbocycles. The van der Waals surface area contributed by atoms with Crippen LogP contribution in [-0.2, 0) is 26.2 Å². The number of amides is 2. The number of anilines is 1. The van der Waals surface area contributed by atoms with Gasteiger partial charge in [-0.3, -0.25) is 13.9 Å². The van der Waals surface area contributed by atoms with E-state index in [0.717, 1.165) is 14.3 Å². The third-order valence-corrected chi connectivity index (χ3v) is 8.39. The average Bonchev–Trinajstić information content (AvgIpc) is 2.93. The van der Waals surface area contributed by atoms with Crippen molar-refractivity contribution in [3.05, 3.63) is 82.8 Å². The van der Waals surface area contributed by atoms with Crippen molar-refractivity contribution < 1.29 is 27.5 Å². The number of hydrogen-bond donors (Lipinski definition) is 1. The maximum Gasteiger partial charge on any atom is 0.264 e. The minimum absolute atomic E-state index is 0.0313. The molecule has 0 aromatic heterocycles. The number of ether oxygens (including phenoxy) is 2. The van der Waals surface area contributed by atoms with Gasteiger partial charge in [-0.2, -0.15) is 0 Å². The molecule has 40 heavy (non-hydrogen) atoms. The Morgan fingerprint density at radius 3 is 2.20 bits per heavy atom. The summed E-state index contributed by atoms with van der Waals surface area (Å²) in [5.41, 5.74) is 0.963. The van der Waals surface area contributed by atoms with Crippen LogP contribution < -0.4 is 19.1 Å². The molecule has 3 aromatic carbocycles. The Labute approximate surface area is 244 Å². The van der Waals surface area contributed by atoms with Gasteiger partial charge in [-0.05, 0) is 74.9 Å². The smallest absolute Gasteiger partial charge is 0.264 e. The number of carbonyl (C=O) groups excluding carboxylic acids is 2. The lowest BCUT2D eigenvalue weighted by molar-refractivity contribution is -0.139. The lowest BCUT2D eigenvalue weighted by atomic mass is 10.1. The number of carbonyl (C=O) groups is 2. The van der Waals surface area contributed by atoms with Crippen molar-refractivity contribution in [1.29, 1.82) is 0 Å². The summed E-state index contributed by atoms with van der Waals surface area (Å²) < 4.78 is 40.4. The van der Waals surface area contributed by atoms with E-state index in [-0.39, 0.29) is 34.8 Å². The van der Waals surface area contributed by atoms with Crippen molar-refractivity contribution in [2.45, 2.75) is 44.3 Å². The zero-order valence-corrected chi connectivity index (χ0v) is 25.5. The van der Waals surface area contributed by atoms with Crippen molar-refractivity contribution in [3.8, 4) is 11.5 Å². The molecule has 0 radical (unpaired) electrons. The number of sulfonamides is 1. The summed E-state index contributed by atoms with van der Waals surface area (Å²) in [6.45, 7) is 4.81. The molecule has 1 N–H and O–H groups in total. The predicted octanol–water partition coefficient (Wildman–Crippen LogP) is 4.60. The summed E-state index contributed by atoms with van der Waals surface area (Å²) in [5.74, 6) is -0.143. The number of nitrogens with zero attached hydrogens (tertiary/aromatic N) is 2. The standard InChI is InChI=1S/C29H34BrN3O6S/c1-20(2)31-29(35)21(3)32(18-22-9-8-10-23(30)17-22)28(34)19-33(26-11-6-7-12-27(26)39-5)40(36,37)25-15-13-24(38-4)14-16-25/h6-17,20-21H,18-19H2,1-5H3,(H,31,35)/t21-/m1/s1. The molecule has 0 heterocycles. The van der Waals surface area contributed by atoms with Crippen LogP contribution in [0.4, 0.5) is 5.69 Å². The Bertz CT molecular complexity index is 1430. The van der Waals surface area contributed by atoms with Crippen LogP contribution in [0.1, 0.15) is 26.3 Å². The fraction of sp³-hybridized carbons (Fsp3) is 0.310. The fourth-order valence-corrected chi connectivity index (χ4v) is 5.92. The van der Waals surface area contributed by atoms with E-state index in [9.17, 15) is 18.0 Å². The van der Waals surface area contributed by atoms with Crippen LogP contribution in [0.2, 0.25) is 0 Å². The minimum Gasteiger partial charge on any atom is -0.497 e. The molecule has 0 saturated heterocycles. The summed E-state index contributed by atoms with van der Waals surface area (Å²) in [6, 6.07) is 18.8. The molecule has 9 nitrogen and oxygen atoms in total. The number of hydrogen-bond acceptors (Lipinski definition) is 6. The molecule has 11 heteroatoms. The molecule has 0 aliphatic heterocycles. The van der Waals surface area contributed by atoms with E-state index < -0.39 is 28.5 Å². The van der Waals surface area contributed by atoms with Crippen LogP contribution in [0.5, 0.6) is 11.5 Å². The van der Waals surface area contributed by atoms with E-state index in [1.165, 1.54) is 43.4 Å². The molecular formula is C29H34BrN3O6S. The Morgan fingerprint density at radius 1 is 0.925 bits per heavy atom. The molecule has 2 amide bonds. The molecule has 0 unspecified atom stereocenters. The van der Waals surface area contributed by atoms with E-state index in [4.69, 9.17) is 9.47 Å². The summed E-state index contributed by atoms with van der Waals surface area (Å²) in [6.07, 6.45) is 0. The third kappa shape index (κ3) is 7.54. The number of rotatable bonds is 12. The zero-order valence-electron chi connectivity index (χ0n) is 23.1. The van der Waals surface area contributed by atoms with Crippen LogP contribution in [0.3, 0.4) is 0 Å². The van der Waals surface area contributed by atoms with Crippen LogP contribution >= 0.6 is 15.9 Å². The number of methoxy groups -OCH3 is 2. The molecule has 0 spiro atoms. The third-order valence-electron chi connectivity index (χ3n) is 6.12. The highest BCUT2D eigenvalue weighted by Crippen LogP contribution is 2.33. The molecule has 0 bridgehead atoms. The highest BCUT2D eigenvalue weighted by molar-refractivity contribution is 9.10. The summed E-state index contributed by atoms with van der Waals surface area (Å²) >= 11 is 3.44. The van der Waals surface area contributed by atoms with Crippen LogP contribution in [0.25, 0.3) is 0 Å². The number of benzene rings is 3. The molecule has 0 fully saturated rings. The van der Waals surface area contributed by atoms with Crippen LogP contribution in [0, 0.1) is 0 Å². The first-order valence-corrected chi connectivity index (χ1v) is 14.8. The van der Waals surface area contributed by atoms with Crippen molar-refractivity contribution >= 4 is 43.5 Å². The summed E-state index contributed by atoms with van der Waals surface area (Å²) in [7, 11) is -1.33. The zero-order chi connectivity index (χ0) is 29.4. The lowest BCUT2D eigenvalue weighted by Crippen LogP contribution is -2.52. The van der Waals surface area contributed by atoms with Gasteiger partial charge in [-0.1, -0.05) is 40.2 Å². The highest BCUT2D eigenvalue weighted by Gasteiger charge is 2.34. The van der Waals surface area contributed by atoms with Gasteiger partial charge < -0.3 is 19.7 Å². The van der Waals surface area contributed by atoms with E-state index in [1.807, 2.05) is 38.1 Å². The van der Waals surface area contributed by atoms with Crippen molar-refractivity contribution in [3.63, 3.8) is 0 Å². The largest absolute Gasteiger partial charge is 0.497 e. The normalized spacial score (nSPS) is 12.0. The van der Waals surface area contributed by atoms with Gasteiger partial charge in [0.2, 0.25) is 11.8 Å². The van der Waals surface area contributed by atoms with Gasteiger partial charge in [0.25, 0.3) is 10.0 Å². The average molecular weight is 633 g/mol. The molecule has 1 atom stereocenters. The monoisotopic (exact) mass is 631 g/mol. The van der Waals surface area contributed by atoms with Gasteiger partial charge in [0.15, 0.2) is 0 Å². The minimum atomic E-state index is -4.24. The van der Waals surface area contributed by atoms with E-state index in [2.05, 4.69) is 21.2 Å². The van der Waals surface area contributed by atoms with Crippen LogP contribution in [0.15, 0.2) is 82.2 Å². The first-order chi connectivity index (χ1) is 19.0. The second-order valence-electron chi connectivity index (χ2n) is 9.35. The summed E-state index contributed by atoms with van der Waals surface area (Å²) in [4.78, 5) is 28.4. The van der Waals surface area contributed by atoms with Crippen LogP contribution in [-0.4, -0.2) is 58.0 Å². The van der Waals surface area contributed by atoms with Gasteiger partial charge in [0.1, 0.15) is 24.1 Å². The number of para-hydroxylation sites is 2. The van der Waals surface area contributed by atoms with Gasteiger partial charge in [-0.25, -0.2) is 8.42 Å². The van der Waals surface area contributed by atoms with E-state index in [0.29, 0.717) is 5.75 Å². The van der Waals surface area contributed by atoms with E-state index in [1.54, 1.807) is 31.2 Å². The summed E-state index contributed by atoms with van der Waals surface area (Å²) in [5, 5.41) is 2.84. The topological polar surface area (TPSA) is 105 Å². The molecule has 0 saturated carbocycles.